The third kappa shape index (κ3) is 3.45. The first-order valence-corrected chi connectivity index (χ1v) is 5.58. The highest BCUT2D eigenvalue weighted by Crippen LogP contribution is 2.25. The van der Waals surface area contributed by atoms with Crippen LogP contribution in [-0.2, 0) is 11.2 Å². The molecule has 2 aromatic rings. The highest BCUT2D eigenvalue weighted by Gasteiger charge is 2.05. The Morgan fingerprint density at radius 2 is 1.95 bits per heavy atom. The Hall–Kier alpha value is -2.56. The maximum atomic E-state index is 13.3. The van der Waals surface area contributed by atoms with Gasteiger partial charge in [-0.1, -0.05) is 12.1 Å². The van der Waals surface area contributed by atoms with Crippen molar-refractivity contribution in [2.24, 2.45) is 0 Å². The average Bonchev–Trinajstić information content (AvgIpc) is 2.33. The molecule has 0 radical (unpaired) electrons. The minimum Gasteiger partial charge on any atom is -0.481 e. The van der Waals surface area contributed by atoms with Crippen LogP contribution >= 0.6 is 0 Å². The highest BCUT2D eigenvalue weighted by atomic mass is 19.1. The maximum absolute atomic E-state index is 13.3. The zero-order valence-electron chi connectivity index (χ0n) is 9.97. The summed E-state index contributed by atoms with van der Waals surface area (Å²) in [6.45, 7) is 0. The smallest absolute Gasteiger partial charge is 0.307 e. The largest absolute Gasteiger partial charge is 0.481 e. The molecule has 0 bridgehead atoms. The SMILES string of the molecule is Nc1ccc(Oc2cccc(CC(=O)O)c2)cc1F. The van der Waals surface area contributed by atoms with Crippen LogP contribution in [0.25, 0.3) is 0 Å². The van der Waals surface area contributed by atoms with Gasteiger partial charge in [-0.3, -0.25) is 4.79 Å². The van der Waals surface area contributed by atoms with Crippen molar-refractivity contribution in [2.75, 3.05) is 5.73 Å². The van der Waals surface area contributed by atoms with Crippen LogP contribution in [0.5, 0.6) is 11.5 Å². The number of carboxylic acids is 1. The first-order chi connectivity index (χ1) is 9.04. The van der Waals surface area contributed by atoms with E-state index in [0.717, 1.165) is 0 Å². The van der Waals surface area contributed by atoms with Crippen molar-refractivity contribution in [3.8, 4) is 11.5 Å². The molecule has 0 unspecified atom stereocenters. The van der Waals surface area contributed by atoms with Crippen molar-refractivity contribution in [1.29, 1.82) is 0 Å². The summed E-state index contributed by atoms with van der Waals surface area (Å²) in [5, 5.41) is 8.71. The lowest BCUT2D eigenvalue weighted by Gasteiger charge is -2.07. The fourth-order valence-corrected chi connectivity index (χ4v) is 1.60. The fourth-order valence-electron chi connectivity index (χ4n) is 1.60. The Morgan fingerprint density at radius 3 is 2.63 bits per heavy atom. The summed E-state index contributed by atoms with van der Waals surface area (Å²) in [7, 11) is 0. The predicted octanol–water partition coefficient (Wildman–Crippen LogP) is 2.83. The summed E-state index contributed by atoms with van der Waals surface area (Å²) >= 11 is 0. The molecule has 2 aromatic carbocycles. The van der Waals surface area contributed by atoms with Crippen LogP contribution in [0.3, 0.4) is 0 Å². The molecule has 0 amide bonds. The Labute approximate surface area is 109 Å². The molecule has 0 heterocycles. The second kappa shape index (κ2) is 5.39. The number of aliphatic carboxylic acids is 1. The second-order valence-corrected chi connectivity index (χ2v) is 4.00. The van der Waals surface area contributed by atoms with Crippen LogP contribution in [0.15, 0.2) is 42.5 Å². The quantitative estimate of drug-likeness (QED) is 0.830. The maximum Gasteiger partial charge on any atom is 0.307 e. The lowest BCUT2D eigenvalue weighted by atomic mass is 10.1. The zero-order valence-corrected chi connectivity index (χ0v) is 9.97. The molecule has 0 atom stereocenters. The molecule has 0 spiro atoms. The van der Waals surface area contributed by atoms with Crippen LogP contribution < -0.4 is 10.5 Å². The van der Waals surface area contributed by atoms with Crippen molar-refractivity contribution in [3.05, 3.63) is 53.8 Å². The number of carbonyl (C=O) groups is 1. The topological polar surface area (TPSA) is 72.5 Å². The van der Waals surface area contributed by atoms with Crippen molar-refractivity contribution >= 4 is 11.7 Å². The van der Waals surface area contributed by atoms with E-state index in [1.54, 1.807) is 30.3 Å². The standard InChI is InChI=1S/C14H12FNO3/c15-12-8-11(4-5-13(12)16)19-10-3-1-2-9(6-10)7-14(17)18/h1-6,8H,7,16H2,(H,17,18). The summed E-state index contributed by atoms with van der Waals surface area (Å²) < 4.78 is 18.7. The third-order valence-electron chi connectivity index (χ3n) is 2.46. The van der Waals surface area contributed by atoms with E-state index >= 15 is 0 Å². The predicted molar refractivity (Wildman–Crippen MR) is 68.7 cm³/mol. The van der Waals surface area contributed by atoms with E-state index in [1.165, 1.54) is 12.1 Å². The molecule has 4 nitrogen and oxygen atoms in total. The van der Waals surface area contributed by atoms with Crippen LogP contribution in [-0.4, -0.2) is 11.1 Å². The Morgan fingerprint density at radius 1 is 1.21 bits per heavy atom. The number of ether oxygens (including phenoxy) is 1. The lowest BCUT2D eigenvalue weighted by molar-refractivity contribution is -0.136. The van der Waals surface area contributed by atoms with E-state index < -0.39 is 11.8 Å². The number of carboxylic acid groups (broad SMARTS) is 1. The molecule has 0 aliphatic heterocycles. The minimum absolute atomic E-state index is 0.0481. The van der Waals surface area contributed by atoms with E-state index in [4.69, 9.17) is 15.6 Å². The van der Waals surface area contributed by atoms with Crippen molar-refractivity contribution in [3.63, 3.8) is 0 Å². The molecule has 0 aliphatic rings. The van der Waals surface area contributed by atoms with Crippen LogP contribution in [0.1, 0.15) is 5.56 Å². The van der Waals surface area contributed by atoms with E-state index in [1.807, 2.05) is 0 Å². The first-order valence-electron chi connectivity index (χ1n) is 5.58. The van der Waals surface area contributed by atoms with Gasteiger partial charge in [0.1, 0.15) is 17.3 Å². The number of nitrogen functional groups attached to an aromatic ring is 1. The average molecular weight is 261 g/mol. The molecule has 98 valence electrons. The van der Waals surface area contributed by atoms with E-state index in [-0.39, 0.29) is 12.1 Å². The van der Waals surface area contributed by atoms with Gasteiger partial charge in [-0.15, -0.1) is 0 Å². The molecule has 0 fully saturated rings. The van der Waals surface area contributed by atoms with Gasteiger partial charge < -0.3 is 15.6 Å². The molecule has 0 saturated heterocycles. The Bertz CT molecular complexity index is 613. The Balaban J connectivity index is 2.18. The van der Waals surface area contributed by atoms with Gasteiger partial charge in [0.2, 0.25) is 0 Å². The molecule has 0 aliphatic carbocycles. The number of rotatable bonds is 4. The Kier molecular flexibility index (Phi) is 3.66. The number of anilines is 1. The minimum atomic E-state index is -0.921. The van der Waals surface area contributed by atoms with E-state index in [9.17, 15) is 9.18 Å². The summed E-state index contributed by atoms with van der Waals surface area (Å²) in [5.41, 5.74) is 6.03. The van der Waals surface area contributed by atoms with Gasteiger partial charge in [0.05, 0.1) is 12.1 Å². The van der Waals surface area contributed by atoms with Gasteiger partial charge in [-0.05, 0) is 29.8 Å². The zero-order chi connectivity index (χ0) is 13.8. The highest BCUT2D eigenvalue weighted by molar-refractivity contribution is 5.70. The van der Waals surface area contributed by atoms with Crippen LogP contribution in [0.2, 0.25) is 0 Å². The molecule has 2 rings (SSSR count). The number of halogens is 1. The van der Waals surface area contributed by atoms with Crippen LogP contribution in [0, 0.1) is 5.82 Å². The third-order valence-corrected chi connectivity index (χ3v) is 2.46. The van der Waals surface area contributed by atoms with E-state index in [0.29, 0.717) is 17.1 Å². The normalized spacial score (nSPS) is 10.2. The summed E-state index contributed by atoms with van der Waals surface area (Å²) in [6, 6.07) is 10.8. The summed E-state index contributed by atoms with van der Waals surface area (Å²) in [6.07, 6.45) is -0.0900. The lowest BCUT2D eigenvalue weighted by Crippen LogP contribution is -1.99. The van der Waals surface area contributed by atoms with Gasteiger partial charge in [0.25, 0.3) is 0 Å². The number of nitrogens with two attached hydrogens (primary N) is 1. The van der Waals surface area contributed by atoms with Gasteiger partial charge in [-0.2, -0.15) is 0 Å². The molecule has 3 N–H and O–H groups in total. The van der Waals surface area contributed by atoms with Crippen LogP contribution in [0.4, 0.5) is 10.1 Å². The van der Waals surface area contributed by atoms with Crippen molar-refractivity contribution in [1.82, 2.24) is 0 Å². The summed E-state index contributed by atoms with van der Waals surface area (Å²) in [4.78, 5) is 10.6. The number of hydrogen-bond acceptors (Lipinski definition) is 3. The first kappa shape index (κ1) is 12.9. The monoisotopic (exact) mass is 261 g/mol. The molecule has 0 saturated carbocycles. The van der Waals surface area contributed by atoms with Crippen molar-refractivity contribution in [2.45, 2.75) is 6.42 Å². The van der Waals surface area contributed by atoms with Gasteiger partial charge in [0, 0.05) is 6.07 Å². The van der Waals surface area contributed by atoms with Gasteiger partial charge in [-0.25, -0.2) is 4.39 Å². The fraction of sp³-hybridized carbons (Fsp3) is 0.0714. The molecule has 0 aromatic heterocycles. The van der Waals surface area contributed by atoms with Crippen molar-refractivity contribution < 1.29 is 19.0 Å². The molecular weight excluding hydrogens is 249 g/mol. The number of hydrogen-bond donors (Lipinski definition) is 2. The molecule has 5 heteroatoms. The molecule has 19 heavy (non-hydrogen) atoms. The number of benzene rings is 2. The van der Waals surface area contributed by atoms with Gasteiger partial charge in [0.15, 0.2) is 0 Å². The summed E-state index contributed by atoms with van der Waals surface area (Å²) in [5.74, 6) is -0.725. The second-order valence-electron chi connectivity index (χ2n) is 4.00. The molecular formula is C14H12FNO3. The van der Waals surface area contributed by atoms with Gasteiger partial charge >= 0.3 is 5.97 Å². The van der Waals surface area contributed by atoms with E-state index in [2.05, 4.69) is 0 Å².